The van der Waals surface area contributed by atoms with E-state index in [0.717, 1.165) is 13.0 Å². The minimum absolute atomic E-state index is 0.257. The Kier molecular flexibility index (Phi) is 1.48. The first kappa shape index (κ1) is 5.56. The zero-order valence-corrected chi connectivity index (χ0v) is 4.55. The van der Waals surface area contributed by atoms with E-state index in [1.54, 1.807) is 0 Å². The lowest BCUT2D eigenvalue weighted by Gasteiger charge is -2.25. The van der Waals surface area contributed by atoms with Gasteiger partial charge < -0.3 is 10.4 Å². The number of rotatable bonds is 2. The van der Waals surface area contributed by atoms with E-state index >= 15 is 0 Å². The van der Waals surface area contributed by atoms with Crippen LogP contribution in [0.25, 0.3) is 0 Å². The van der Waals surface area contributed by atoms with E-state index in [1.165, 1.54) is 0 Å². The third-order valence-corrected chi connectivity index (χ3v) is 1.35. The summed E-state index contributed by atoms with van der Waals surface area (Å²) in [5.74, 6) is -0.706. The second-order valence-corrected chi connectivity index (χ2v) is 2.04. The fraction of sp³-hybridized carbons (Fsp3) is 0.800. The average molecular weight is 115 g/mol. The zero-order valence-electron chi connectivity index (χ0n) is 4.55. The highest BCUT2D eigenvalue weighted by Crippen LogP contribution is 2.05. The van der Waals surface area contributed by atoms with Gasteiger partial charge in [-0.1, -0.05) is 0 Å². The number of hydrogen-bond donors (Lipinski definition) is 2. The lowest BCUT2D eigenvalue weighted by Crippen LogP contribution is -2.43. The highest BCUT2D eigenvalue weighted by atomic mass is 16.4. The topological polar surface area (TPSA) is 49.3 Å². The van der Waals surface area contributed by atoms with Crippen LogP contribution in [0.2, 0.25) is 0 Å². The maximum atomic E-state index is 9.96. The molecule has 1 aliphatic rings. The number of hydrogen-bond acceptors (Lipinski definition) is 2. The van der Waals surface area contributed by atoms with Crippen LogP contribution in [0.15, 0.2) is 0 Å². The van der Waals surface area contributed by atoms with Crippen molar-refractivity contribution in [1.82, 2.24) is 5.32 Å². The van der Waals surface area contributed by atoms with Crippen LogP contribution < -0.4 is 5.32 Å². The minimum Gasteiger partial charge on any atom is -0.481 e. The van der Waals surface area contributed by atoms with Crippen molar-refractivity contribution in [3.05, 3.63) is 0 Å². The van der Waals surface area contributed by atoms with Gasteiger partial charge in [0, 0.05) is 6.04 Å². The van der Waals surface area contributed by atoms with Gasteiger partial charge in [-0.2, -0.15) is 0 Å². The normalized spacial score (nSPS) is 26.8. The van der Waals surface area contributed by atoms with Gasteiger partial charge >= 0.3 is 5.97 Å². The van der Waals surface area contributed by atoms with Crippen molar-refractivity contribution >= 4 is 5.97 Å². The Labute approximate surface area is 47.7 Å². The summed E-state index contributed by atoms with van der Waals surface area (Å²) in [4.78, 5) is 9.96. The highest BCUT2D eigenvalue weighted by Gasteiger charge is 2.18. The molecule has 1 rings (SSSR count). The fourth-order valence-electron chi connectivity index (χ4n) is 0.733. The first-order chi connectivity index (χ1) is 3.79. The summed E-state index contributed by atoms with van der Waals surface area (Å²) in [7, 11) is 0. The summed E-state index contributed by atoms with van der Waals surface area (Å²) in [5.41, 5.74) is 0. The Morgan fingerprint density at radius 1 is 1.88 bits per heavy atom. The Bertz CT molecular complexity index is 98.6. The van der Waals surface area contributed by atoms with E-state index in [2.05, 4.69) is 5.32 Å². The van der Waals surface area contributed by atoms with Gasteiger partial charge in [-0.15, -0.1) is 0 Å². The van der Waals surface area contributed by atoms with E-state index in [1.807, 2.05) is 0 Å². The molecule has 1 atom stereocenters. The molecule has 1 fully saturated rings. The SMILES string of the molecule is O=C(O)CC1CCN1. The molecule has 0 aromatic carbocycles. The Morgan fingerprint density at radius 3 is 2.62 bits per heavy atom. The quantitative estimate of drug-likeness (QED) is 0.525. The van der Waals surface area contributed by atoms with Crippen LogP contribution in [-0.2, 0) is 4.79 Å². The van der Waals surface area contributed by atoms with E-state index in [4.69, 9.17) is 5.11 Å². The number of carboxylic acid groups (broad SMARTS) is 1. The molecule has 46 valence electrons. The third-order valence-electron chi connectivity index (χ3n) is 1.35. The Hall–Kier alpha value is -0.570. The van der Waals surface area contributed by atoms with Crippen molar-refractivity contribution in [2.75, 3.05) is 6.54 Å². The van der Waals surface area contributed by atoms with E-state index in [9.17, 15) is 4.79 Å². The van der Waals surface area contributed by atoms with Crippen molar-refractivity contribution in [2.45, 2.75) is 18.9 Å². The maximum Gasteiger partial charge on any atom is 0.304 e. The predicted molar refractivity (Wildman–Crippen MR) is 28.7 cm³/mol. The van der Waals surface area contributed by atoms with Crippen LogP contribution in [0.4, 0.5) is 0 Å². The van der Waals surface area contributed by atoms with Gasteiger partial charge in [0.1, 0.15) is 0 Å². The fourth-order valence-corrected chi connectivity index (χ4v) is 0.733. The molecule has 8 heavy (non-hydrogen) atoms. The van der Waals surface area contributed by atoms with E-state index < -0.39 is 5.97 Å². The summed E-state index contributed by atoms with van der Waals surface area (Å²) in [6.07, 6.45) is 1.30. The molecule has 3 heteroatoms. The smallest absolute Gasteiger partial charge is 0.304 e. The minimum atomic E-state index is -0.706. The van der Waals surface area contributed by atoms with Gasteiger partial charge in [-0.25, -0.2) is 0 Å². The molecular weight excluding hydrogens is 106 g/mol. The van der Waals surface area contributed by atoms with Crippen LogP contribution in [0.5, 0.6) is 0 Å². The first-order valence-electron chi connectivity index (χ1n) is 2.74. The monoisotopic (exact) mass is 115 g/mol. The van der Waals surface area contributed by atoms with Gasteiger partial charge in [0.05, 0.1) is 6.42 Å². The summed E-state index contributed by atoms with van der Waals surface area (Å²) >= 11 is 0. The molecule has 2 N–H and O–H groups in total. The van der Waals surface area contributed by atoms with Crippen molar-refractivity contribution in [3.63, 3.8) is 0 Å². The molecule has 1 aliphatic heterocycles. The van der Waals surface area contributed by atoms with Crippen LogP contribution >= 0.6 is 0 Å². The van der Waals surface area contributed by atoms with E-state index in [0.29, 0.717) is 0 Å². The Balaban J connectivity index is 2.09. The molecule has 0 radical (unpaired) electrons. The summed E-state index contributed by atoms with van der Waals surface area (Å²) in [6, 6.07) is 0.257. The molecule has 1 heterocycles. The highest BCUT2D eigenvalue weighted by molar-refractivity contribution is 5.67. The molecule has 3 nitrogen and oxygen atoms in total. The molecule has 0 bridgehead atoms. The van der Waals surface area contributed by atoms with Gasteiger partial charge in [-0.05, 0) is 13.0 Å². The molecule has 0 aromatic heterocycles. The van der Waals surface area contributed by atoms with Crippen LogP contribution in [0.1, 0.15) is 12.8 Å². The average Bonchev–Trinajstić information content (AvgIpc) is 1.55. The van der Waals surface area contributed by atoms with Gasteiger partial charge in [-0.3, -0.25) is 4.79 Å². The van der Waals surface area contributed by atoms with E-state index in [-0.39, 0.29) is 12.5 Å². The van der Waals surface area contributed by atoms with Gasteiger partial charge in [0.15, 0.2) is 0 Å². The molecule has 0 aliphatic carbocycles. The molecule has 0 amide bonds. The molecule has 0 spiro atoms. The number of aliphatic carboxylic acids is 1. The van der Waals surface area contributed by atoms with Crippen LogP contribution in [0, 0.1) is 0 Å². The second-order valence-electron chi connectivity index (χ2n) is 2.04. The second kappa shape index (κ2) is 2.13. The first-order valence-corrected chi connectivity index (χ1v) is 2.74. The van der Waals surface area contributed by atoms with Crippen molar-refractivity contribution in [3.8, 4) is 0 Å². The van der Waals surface area contributed by atoms with Crippen molar-refractivity contribution in [1.29, 1.82) is 0 Å². The molecule has 0 aromatic rings. The summed E-state index contributed by atoms with van der Waals surface area (Å²) in [5, 5.41) is 11.2. The third kappa shape index (κ3) is 1.20. The van der Waals surface area contributed by atoms with Gasteiger partial charge in [0.25, 0.3) is 0 Å². The molecule has 1 unspecified atom stereocenters. The lowest BCUT2D eigenvalue weighted by molar-refractivity contribution is -0.138. The van der Waals surface area contributed by atoms with Gasteiger partial charge in [0.2, 0.25) is 0 Å². The maximum absolute atomic E-state index is 9.96. The number of carboxylic acids is 1. The Morgan fingerprint density at radius 2 is 2.50 bits per heavy atom. The summed E-state index contributed by atoms with van der Waals surface area (Å²) < 4.78 is 0. The largest absolute Gasteiger partial charge is 0.481 e. The van der Waals surface area contributed by atoms with Crippen molar-refractivity contribution in [2.24, 2.45) is 0 Å². The number of carbonyl (C=O) groups is 1. The standard InChI is InChI=1S/C5H9NO2/c7-5(8)3-4-1-2-6-4/h4,6H,1-3H2,(H,7,8). The molecule has 1 saturated heterocycles. The lowest BCUT2D eigenvalue weighted by atomic mass is 10.0. The predicted octanol–water partition coefficient (Wildman–Crippen LogP) is -0.177. The van der Waals surface area contributed by atoms with Crippen LogP contribution in [0.3, 0.4) is 0 Å². The number of nitrogens with one attached hydrogen (secondary N) is 1. The molecule has 0 saturated carbocycles. The van der Waals surface area contributed by atoms with Crippen LogP contribution in [-0.4, -0.2) is 23.7 Å². The zero-order chi connectivity index (χ0) is 5.98. The summed E-state index contributed by atoms with van der Waals surface area (Å²) in [6.45, 7) is 0.984. The molecular formula is C5H9NO2. The van der Waals surface area contributed by atoms with Crippen molar-refractivity contribution < 1.29 is 9.90 Å².